The van der Waals surface area contributed by atoms with Gasteiger partial charge in [-0.2, -0.15) is 0 Å². The van der Waals surface area contributed by atoms with Gasteiger partial charge in [-0.1, -0.05) is 30.2 Å². The highest BCUT2D eigenvalue weighted by Gasteiger charge is 2.38. The van der Waals surface area contributed by atoms with Gasteiger partial charge < -0.3 is 10.1 Å². The highest BCUT2D eigenvalue weighted by atomic mass is 16.1. The lowest BCUT2D eigenvalue weighted by atomic mass is 9.66. The van der Waals surface area contributed by atoms with E-state index in [-0.39, 0.29) is 11.3 Å². The molecule has 1 aliphatic carbocycles. The molecule has 1 aromatic carbocycles. The molecule has 1 amide bonds. The molecule has 1 aliphatic rings. The van der Waals surface area contributed by atoms with Gasteiger partial charge in [0.2, 0.25) is 0 Å². The van der Waals surface area contributed by atoms with Crippen LogP contribution in [0.25, 0.3) is 0 Å². The van der Waals surface area contributed by atoms with E-state index < -0.39 is 0 Å². The van der Waals surface area contributed by atoms with E-state index >= 15 is 0 Å². The fourth-order valence-electron chi connectivity index (χ4n) is 2.77. The number of hydrogen-bond acceptors (Lipinski definition) is 3. The summed E-state index contributed by atoms with van der Waals surface area (Å²) in [6.45, 7) is 1.95. The fourth-order valence-corrected chi connectivity index (χ4v) is 2.77. The van der Waals surface area contributed by atoms with E-state index in [0.29, 0.717) is 11.4 Å². The lowest BCUT2D eigenvalue weighted by molar-refractivity contribution is -0.115. The van der Waals surface area contributed by atoms with E-state index in [1.165, 1.54) is 0 Å². The van der Waals surface area contributed by atoms with E-state index in [1.54, 1.807) is 18.3 Å². The third-order valence-electron chi connectivity index (χ3n) is 4.33. The minimum Gasteiger partial charge on any atom is -0.307 e. The first-order valence-corrected chi connectivity index (χ1v) is 7.44. The van der Waals surface area contributed by atoms with Gasteiger partial charge in [-0.3, -0.25) is 4.79 Å². The molecule has 0 saturated heterocycles. The zero-order chi connectivity index (χ0) is 15.6. The maximum atomic E-state index is 12.2. The monoisotopic (exact) mass is 294 g/mol. The maximum absolute atomic E-state index is 12.2. The van der Waals surface area contributed by atoms with Crippen LogP contribution in [0.15, 0.2) is 42.6 Å². The van der Waals surface area contributed by atoms with E-state index in [2.05, 4.69) is 10.3 Å². The number of carbonyl (C=O) groups excluding carboxylic acids is 2. The van der Waals surface area contributed by atoms with Crippen molar-refractivity contribution >= 4 is 18.0 Å². The molecule has 0 bridgehead atoms. The first-order valence-electron chi connectivity index (χ1n) is 7.44. The lowest BCUT2D eigenvalue weighted by Crippen LogP contribution is -2.35. The van der Waals surface area contributed by atoms with Gasteiger partial charge in [-0.15, -0.1) is 0 Å². The molecular formula is C18H18N2O2. The summed E-state index contributed by atoms with van der Waals surface area (Å²) in [4.78, 5) is 27.7. The van der Waals surface area contributed by atoms with Crippen LogP contribution in [0.5, 0.6) is 0 Å². The summed E-state index contributed by atoms with van der Waals surface area (Å²) >= 11 is 0. The van der Waals surface area contributed by atoms with Crippen LogP contribution in [0.4, 0.5) is 5.82 Å². The Morgan fingerprint density at radius 3 is 2.64 bits per heavy atom. The first-order chi connectivity index (χ1) is 10.6. The third-order valence-corrected chi connectivity index (χ3v) is 4.33. The number of rotatable bonds is 4. The number of amides is 1. The predicted molar refractivity (Wildman–Crippen MR) is 85.0 cm³/mol. The Bertz CT molecular complexity index is 703. The Labute approximate surface area is 129 Å². The quantitative estimate of drug-likeness (QED) is 0.880. The molecule has 2 aromatic rings. The van der Waals surface area contributed by atoms with Gasteiger partial charge in [0.1, 0.15) is 12.1 Å². The van der Waals surface area contributed by atoms with Crippen molar-refractivity contribution in [3.63, 3.8) is 0 Å². The zero-order valence-corrected chi connectivity index (χ0v) is 12.5. The molecular weight excluding hydrogens is 276 g/mol. The van der Waals surface area contributed by atoms with Crippen LogP contribution in [-0.4, -0.2) is 17.2 Å². The third kappa shape index (κ3) is 2.64. The van der Waals surface area contributed by atoms with Crippen molar-refractivity contribution < 1.29 is 9.59 Å². The summed E-state index contributed by atoms with van der Waals surface area (Å²) in [5.41, 5.74) is 2.22. The van der Waals surface area contributed by atoms with Crippen molar-refractivity contribution in [2.45, 2.75) is 31.6 Å². The Morgan fingerprint density at radius 1 is 1.27 bits per heavy atom. The molecule has 0 unspecified atom stereocenters. The van der Waals surface area contributed by atoms with Gasteiger partial charge in [0, 0.05) is 11.8 Å². The Hall–Kier alpha value is -2.49. The number of aromatic nitrogens is 1. The highest BCUT2D eigenvalue weighted by molar-refractivity contribution is 6.03. The van der Waals surface area contributed by atoms with E-state index in [0.717, 1.165) is 36.7 Å². The van der Waals surface area contributed by atoms with Gasteiger partial charge in [-0.05, 0) is 43.5 Å². The number of nitrogens with zero attached hydrogens (tertiary/aromatic N) is 1. The standard InChI is InChI=1S/C18H18N2O2/c1-13-4-2-5-14(10-13)17(22)20-16-7-6-15(11-19-16)18(12-21)8-3-9-18/h2,4-7,10-12H,3,8-9H2,1H3,(H,19,20,22). The van der Waals surface area contributed by atoms with Crippen LogP contribution in [-0.2, 0) is 10.2 Å². The highest BCUT2D eigenvalue weighted by Crippen LogP contribution is 2.41. The van der Waals surface area contributed by atoms with Crippen molar-refractivity contribution in [2.75, 3.05) is 5.32 Å². The topological polar surface area (TPSA) is 59.1 Å². The largest absolute Gasteiger partial charge is 0.307 e. The predicted octanol–water partition coefficient (Wildman–Crippen LogP) is 3.26. The summed E-state index contributed by atoms with van der Waals surface area (Å²) in [7, 11) is 0. The summed E-state index contributed by atoms with van der Waals surface area (Å²) < 4.78 is 0. The number of benzene rings is 1. The SMILES string of the molecule is Cc1cccc(C(=O)Nc2ccc(C3(C=O)CCC3)cn2)c1. The normalized spacial score (nSPS) is 15.7. The van der Waals surface area contributed by atoms with E-state index in [4.69, 9.17) is 0 Å². The summed E-state index contributed by atoms with van der Waals surface area (Å²) in [5, 5.41) is 2.78. The Morgan fingerprint density at radius 2 is 2.09 bits per heavy atom. The molecule has 0 atom stereocenters. The van der Waals surface area contributed by atoms with Gasteiger partial charge in [-0.25, -0.2) is 4.98 Å². The van der Waals surface area contributed by atoms with Crippen molar-refractivity contribution in [3.8, 4) is 0 Å². The molecule has 3 rings (SSSR count). The van der Waals surface area contributed by atoms with E-state index in [9.17, 15) is 9.59 Å². The van der Waals surface area contributed by atoms with E-state index in [1.807, 2.05) is 31.2 Å². The number of aldehydes is 1. The summed E-state index contributed by atoms with van der Waals surface area (Å²) in [5.74, 6) is 0.313. The number of hydrogen-bond donors (Lipinski definition) is 1. The minimum absolute atomic E-state index is 0.183. The van der Waals surface area contributed by atoms with Crippen LogP contribution >= 0.6 is 0 Å². The second-order valence-corrected chi connectivity index (χ2v) is 5.88. The Balaban J connectivity index is 1.74. The maximum Gasteiger partial charge on any atom is 0.256 e. The number of carbonyl (C=O) groups is 2. The van der Waals surface area contributed by atoms with Gasteiger partial charge >= 0.3 is 0 Å². The number of aryl methyl sites for hydroxylation is 1. The lowest BCUT2D eigenvalue weighted by Gasteiger charge is -2.36. The van der Waals surface area contributed by atoms with Crippen LogP contribution in [0.2, 0.25) is 0 Å². The van der Waals surface area contributed by atoms with Crippen LogP contribution in [0.3, 0.4) is 0 Å². The van der Waals surface area contributed by atoms with Crippen molar-refractivity contribution in [3.05, 3.63) is 59.3 Å². The molecule has 0 radical (unpaired) electrons. The number of nitrogens with one attached hydrogen (secondary N) is 1. The Kier molecular flexibility index (Phi) is 3.75. The molecule has 0 spiro atoms. The zero-order valence-electron chi connectivity index (χ0n) is 12.5. The molecule has 22 heavy (non-hydrogen) atoms. The molecule has 0 aliphatic heterocycles. The molecule has 1 heterocycles. The summed E-state index contributed by atoms with van der Waals surface area (Å²) in [6.07, 6.45) is 5.56. The van der Waals surface area contributed by atoms with Crippen LogP contribution in [0, 0.1) is 6.92 Å². The van der Waals surface area contributed by atoms with Crippen LogP contribution in [0.1, 0.15) is 40.7 Å². The van der Waals surface area contributed by atoms with Crippen molar-refractivity contribution in [1.82, 2.24) is 4.98 Å². The van der Waals surface area contributed by atoms with Crippen molar-refractivity contribution in [1.29, 1.82) is 0 Å². The molecule has 1 fully saturated rings. The summed E-state index contributed by atoms with van der Waals surface area (Å²) in [6, 6.07) is 11.0. The average Bonchev–Trinajstić information content (AvgIpc) is 2.48. The number of anilines is 1. The van der Waals surface area contributed by atoms with Crippen molar-refractivity contribution in [2.24, 2.45) is 0 Å². The van der Waals surface area contributed by atoms with Gasteiger partial charge in [0.15, 0.2) is 0 Å². The second kappa shape index (κ2) is 5.72. The second-order valence-electron chi connectivity index (χ2n) is 5.88. The molecule has 1 saturated carbocycles. The smallest absolute Gasteiger partial charge is 0.256 e. The molecule has 4 nitrogen and oxygen atoms in total. The average molecular weight is 294 g/mol. The minimum atomic E-state index is -0.355. The number of pyridine rings is 1. The molecule has 112 valence electrons. The molecule has 1 N–H and O–H groups in total. The molecule has 1 aromatic heterocycles. The first kappa shape index (κ1) is 14.4. The molecule has 4 heteroatoms. The van der Waals surface area contributed by atoms with Crippen LogP contribution < -0.4 is 5.32 Å². The fraction of sp³-hybridized carbons (Fsp3) is 0.278. The van der Waals surface area contributed by atoms with Gasteiger partial charge in [0.25, 0.3) is 5.91 Å². The van der Waals surface area contributed by atoms with Gasteiger partial charge in [0.05, 0.1) is 5.41 Å².